The molecular weight excluding hydrogens is 398 g/mol. The average molecular weight is 417 g/mol. The SMILES string of the molecule is O=C(NS(=O)(=O)c1ccccc1-c1ccccc1)c1cc2ccc(C3CC3)cc2o1. The number of carbonyl (C=O) groups is 1. The summed E-state index contributed by atoms with van der Waals surface area (Å²) in [5.74, 6) is -0.257. The van der Waals surface area contributed by atoms with Gasteiger partial charge in [0.05, 0.1) is 4.90 Å². The second-order valence-corrected chi connectivity index (χ2v) is 9.13. The van der Waals surface area contributed by atoms with Crippen molar-refractivity contribution < 1.29 is 17.6 Å². The Kier molecular flexibility index (Phi) is 4.44. The summed E-state index contributed by atoms with van der Waals surface area (Å²) in [6, 6.07) is 23.2. The molecule has 1 N–H and O–H groups in total. The first-order valence-electron chi connectivity index (χ1n) is 9.76. The number of furan rings is 1. The Balaban J connectivity index is 1.45. The lowest BCUT2D eigenvalue weighted by atomic mass is 10.1. The maximum Gasteiger partial charge on any atom is 0.300 e. The van der Waals surface area contributed by atoms with Crippen molar-refractivity contribution in [2.45, 2.75) is 23.7 Å². The van der Waals surface area contributed by atoms with Crippen molar-refractivity contribution in [2.24, 2.45) is 0 Å². The van der Waals surface area contributed by atoms with E-state index in [1.54, 1.807) is 24.3 Å². The maximum absolute atomic E-state index is 13.0. The standard InChI is InChI=1S/C24H19NO4S/c26-24(22-15-19-13-12-18(16-10-11-16)14-21(19)29-22)25-30(27,28)23-9-5-4-8-20(23)17-6-2-1-3-7-17/h1-9,12-16H,10-11H2,(H,25,26). The summed E-state index contributed by atoms with van der Waals surface area (Å²) >= 11 is 0. The average Bonchev–Trinajstić information content (AvgIpc) is 3.52. The van der Waals surface area contributed by atoms with E-state index in [4.69, 9.17) is 4.42 Å². The minimum atomic E-state index is -4.10. The van der Waals surface area contributed by atoms with E-state index >= 15 is 0 Å². The molecule has 1 aliphatic carbocycles. The predicted molar refractivity (Wildman–Crippen MR) is 115 cm³/mol. The largest absolute Gasteiger partial charge is 0.451 e. The van der Waals surface area contributed by atoms with E-state index in [1.165, 1.54) is 24.5 Å². The summed E-state index contributed by atoms with van der Waals surface area (Å²) in [6.07, 6.45) is 2.33. The van der Waals surface area contributed by atoms with Crippen LogP contribution in [-0.2, 0) is 10.0 Å². The van der Waals surface area contributed by atoms with Gasteiger partial charge in [-0.3, -0.25) is 4.79 Å². The van der Waals surface area contributed by atoms with Crippen LogP contribution in [0.1, 0.15) is 34.9 Å². The summed E-state index contributed by atoms with van der Waals surface area (Å²) in [7, 11) is -4.10. The third-order valence-electron chi connectivity index (χ3n) is 5.31. The van der Waals surface area contributed by atoms with E-state index in [0.29, 0.717) is 17.1 Å². The highest BCUT2D eigenvalue weighted by atomic mass is 32.2. The highest BCUT2D eigenvalue weighted by Crippen LogP contribution is 2.41. The molecule has 1 fully saturated rings. The Morgan fingerprint density at radius 2 is 1.63 bits per heavy atom. The second kappa shape index (κ2) is 7.15. The number of amides is 1. The second-order valence-electron chi connectivity index (χ2n) is 7.48. The van der Waals surface area contributed by atoms with Crippen LogP contribution in [0.15, 0.2) is 88.2 Å². The summed E-state index contributed by atoms with van der Waals surface area (Å²) in [4.78, 5) is 12.7. The van der Waals surface area contributed by atoms with Crippen LogP contribution in [-0.4, -0.2) is 14.3 Å². The van der Waals surface area contributed by atoms with E-state index in [2.05, 4.69) is 4.72 Å². The van der Waals surface area contributed by atoms with Gasteiger partial charge in [-0.25, -0.2) is 13.1 Å². The Hall–Kier alpha value is -3.38. The number of sulfonamides is 1. The topological polar surface area (TPSA) is 76.4 Å². The van der Waals surface area contributed by atoms with Crippen molar-refractivity contribution >= 4 is 26.9 Å². The Morgan fingerprint density at radius 1 is 0.900 bits per heavy atom. The fourth-order valence-electron chi connectivity index (χ4n) is 3.61. The van der Waals surface area contributed by atoms with Crippen LogP contribution in [0.25, 0.3) is 22.1 Å². The highest BCUT2D eigenvalue weighted by Gasteiger charge is 2.26. The Morgan fingerprint density at radius 3 is 2.40 bits per heavy atom. The number of carbonyl (C=O) groups excluding carboxylic acids is 1. The number of nitrogens with one attached hydrogen (secondary N) is 1. The number of hydrogen-bond acceptors (Lipinski definition) is 4. The molecule has 0 bridgehead atoms. The molecule has 1 heterocycles. The van der Waals surface area contributed by atoms with Crippen LogP contribution in [0.3, 0.4) is 0 Å². The van der Waals surface area contributed by atoms with Crippen LogP contribution in [0.2, 0.25) is 0 Å². The zero-order valence-corrected chi connectivity index (χ0v) is 16.9. The lowest BCUT2D eigenvalue weighted by Gasteiger charge is -2.11. The van der Waals surface area contributed by atoms with E-state index in [9.17, 15) is 13.2 Å². The molecule has 4 aromatic rings. The molecule has 0 atom stereocenters. The van der Waals surface area contributed by atoms with Gasteiger partial charge in [-0.15, -0.1) is 0 Å². The summed E-state index contributed by atoms with van der Waals surface area (Å²) in [5.41, 5.74) is 3.05. The van der Waals surface area contributed by atoms with Gasteiger partial charge in [-0.1, -0.05) is 60.7 Å². The summed E-state index contributed by atoms with van der Waals surface area (Å²) < 4.78 is 33.8. The minimum Gasteiger partial charge on any atom is -0.451 e. The molecule has 1 saturated carbocycles. The van der Waals surface area contributed by atoms with E-state index in [-0.39, 0.29) is 10.7 Å². The van der Waals surface area contributed by atoms with Gasteiger partial charge in [-0.05, 0) is 48.1 Å². The van der Waals surface area contributed by atoms with Crippen molar-refractivity contribution in [1.29, 1.82) is 0 Å². The molecule has 6 heteroatoms. The van der Waals surface area contributed by atoms with Crippen LogP contribution < -0.4 is 4.72 Å². The first kappa shape index (κ1) is 18.6. The van der Waals surface area contributed by atoms with Crippen molar-refractivity contribution in [3.8, 4) is 11.1 Å². The quantitative estimate of drug-likeness (QED) is 0.490. The first-order chi connectivity index (χ1) is 14.5. The van der Waals surface area contributed by atoms with Gasteiger partial charge >= 0.3 is 5.91 Å². The van der Waals surface area contributed by atoms with Gasteiger partial charge in [0.25, 0.3) is 10.0 Å². The molecule has 0 spiro atoms. The predicted octanol–water partition coefficient (Wildman–Crippen LogP) is 5.10. The normalized spacial score (nSPS) is 14.0. The zero-order chi connectivity index (χ0) is 20.7. The summed E-state index contributed by atoms with van der Waals surface area (Å²) in [5, 5.41) is 0.770. The van der Waals surface area contributed by atoms with Crippen molar-refractivity contribution in [3.63, 3.8) is 0 Å². The molecule has 1 aromatic heterocycles. The molecule has 1 amide bonds. The van der Waals surface area contributed by atoms with Gasteiger partial charge in [0.15, 0.2) is 5.76 Å². The molecule has 30 heavy (non-hydrogen) atoms. The maximum atomic E-state index is 13.0. The van der Waals surface area contributed by atoms with E-state index in [1.807, 2.05) is 48.5 Å². The van der Waals surface area contributed by atoms with Crippen LogP contribution >= 0.6 is 0 Å². The Labute approximate surface area is 174 Å². The Bertz CT molecular complexity index is 1350. The number of fused-ring (bicyclic) bond motifs is 1. The molecule has 0 aliphatic heterocycles. The third-order valence-corrected chi connectivity index (χ3v) is 6.69. The number of rotatable bonds is 5. The minimum absolute atomic E-state index is 0.0290. The van der Waals surface area contributed by atoms with E-state index in [0.717, 1.165) is 10.9 Å². The monoisotopic (exact) mass is 417 g/mol. The van der Waals surface area contributed by atoms with Crippen molar-refractivity contribution in [1.82, 2.24) is 4.72 Å². The van der Waals surface area contributed by atoms with Crippen LogP contribution in [0.4, 0.5) is 0 Å². The fourth-order valence-corrected chi connectivity index (χ4v) is 4.80. The van der Waals surface area contributed by atoms with Crippen LogP contribution in [0, 0.1) is 0 Å². The molecule has 3 aromatic carbocycles. The van der Waals surface area contributed by atoms with Gasteiger partial charge in [0, 0.05) is 10.9 Å². The molecule has 0 saturated heterocycles. The van der Waals surface area contributed by atoms with Gasteiger partial charge < -0.3 is 4.42 Å². The molecule has 0 unspecified atom stereocenters. The molecule has 5 rings (SSSR count). The molecule has 5 nitrogen and oxygen atoms in total. The van der Waals surface area contributed by atoms with Gasteiger partial charge in [-0.2, -0.15) is 0 Å². The van der Waals surface area contributed by atoms with Crippen molar-refractivity contribution in [3.05, 3.63) is 90.2 Å². The van der Waals surface area contributed by atoms with E-state index < -0.39 is 15.9 Å². The lowest BCUT2D eigenvalue weighted by molar-refractivity contribution is 0.0956. The summed E-state index contributed by atoms with van der Waals surface area (Å²) in [6.45, 7) is 0. The molecule has 0 radical (unpaired) electrons. The molecule has 150 valence electrons. The highest BCUT2D eigenvalue weighted by molar-refractivity contribution is 7.90. The molecular formula is C24H19NO4S. The fraction of sp³-hybridized carbons (Fsp3) is 0.125. The third kappa shape index (κ3) is 3.50. The van der Waals surface area contributed by atoms with Crippen LogP contribution in [0.5, 0.6) is 0 Å². The smallest absolute Gasteiger partial charge is 0.300 e. The lowest BCUT2D eigenvalue weighted by Crippen LogP contribution is -2.30. The number of benzene rings is 3. The molecule has 1 aliphatic rings. The van der Waals surface area contributed by atoms with Crippen molar-refractivity contribution in [2.75, 3.05) is 0 Å². The van der Waals surface area contributed by atoms with Gasteiger partial charge in [0.1, 0.15) is 5.58 Å². The first-order valence-corrected chi connectivity index (χ1v) is 11.2. The zero-order valence-electron chi connectivity index (χ0n) is 16.0. The van der Waals surface area contributed by atoms with Gasteiger partial charge in [0.2, 0.25) is 0 Å². The number of hydrogen-bond donors (Lipinski definition) is 1.